The summed E-state index contributed by atoms with van der Waals surface area (Å²) in [7, 11) is -4.40. The van der Waals surface area contributed by atoms with Crippen LogP contribution in [0.25, 0.3) is 0 Å². The molecule has 0 amide bonds. The fourth-order valence-corrected chi connectivity index (χ4v) is 2.84. The van der Waals surface area contributed by atoms with Crippen molar-refractivity contribution in [3.05, 3.63) is 23.3 Å². The highest BCUT2D eigenvalue weighted by atomic mass is 32.2. The van der Waals surface area contributed by atoms with Crippen LogP contribution in [0.1, 0.15) is 11.1 Å². The number of aliphatic hydroxyl groups is 1. The van der Waals surface area contributed by atoms with Gasteiger partial charge in [-0.05, 0) is 12.1 Å². The number of aromatic hydroxyl groups is 1. The van der Waals surface area contributed by atoms with Gasteiger partial charge in [0.05, 0.1) is 31.3 Å². The van der Waals surface area contributed by atoms with Gasteiger partial charge >= 0.3 is 0 Å². The van der Waals surface area contributed by atoms with E-state index in [-0.39, 0.29) is 29.4 Å². The van der Waals surface area contributed by atoms with E-state index in [1.54, 1.807) is 0 Å². The van der Waals surface area contributed by atoms with Crippen molar-refractivity contribution >= 4 is 16.3 Å². The average molecular weight is 344 g/mol. The van der Waals surface area contributed by atoms with Crippen LogP contribution in [0.4, 0.5) is 0 Å². The molecule has 0 radical (unpaired) electrons. The first kappa shape index (κ1) is 17.8. The molecule has 23 heavy (non-hydrogen) atoms. The summed E-state index contributed by atoms with van der Waals surface area (Å²) in [5.41, 5.74) is 0.560. The SMILES string of the molecule is O=S(=O)(O)c1cc(C=NCCO)c(O)c(CN2CCOCC2)c1. The number of phenols is 1. The Morgan fingerprint density at radius 2 is 2.00 bits per heavy atom. The largest absolute Gasteiger partial charge is 0.507 e. The van der Waals surface area contributed by atoms with E-state index in [4.69, 9.17) is 9.84 Å². The van der Waals surface area contributed by atoms with E-state index >= 15 is 0 Å². The van der Waals surface area contributed by atoms with Gasteiger partial charge in [0, 0.05) is 37.0 Å². The Kier molecular flexibility index (Phi) is 6.08. The van der Waals surface area contributed by atoms with E-state index < -0.39 is 10.1 Å². The quantitative estimate of drug-likeness (QED) is 0.486. The van der Waals surface area contributed by atoms with Crippen molar-refractivity contribution in [2.75, 3.05) is 39.5 Å². The molecule has 128 valence electrons. The van der Waals surface area contributed by atoms with Crippen LogP contribution in [0.3, 0.4) is 0 Å². The average Bonchev–Trinajstić information content (AvgIpc) is 2.51. The molecule has 0 saturated carbocycles. The topological polar surface area (TPSA) is 120 Å². The Balaban J connectivity index is 2.36. The van der Waals surface area contributed by atoms with Crippen LogP contribution >= 0.6 is 0 Å². The highest BCUT2D eigenvalue weighted by molar-refractivity contribution is 7.85. The van der Waals surface area contributed by atoms with Crippen LogP contribution in [0.2, 0.25) is 0 Å². The van der Waals surface area contributed by atoms with Gasteiger partial charge in [0.15, 0.2) is 0 Å². The number of ether oxygens (including phenoxy) is 1. The number of phenolic OH excluding ortho intramolecular Hbond substituents is 1. The predicted molar refractivity (Wildman–Crippen MR) is 83.6 cm³/mol. The van der Waals surface area contributed by atoms with Crippen LogP contribution in [0, 0.1) is 0 Å². The first-order chi connectivity index (χ1) is 10.9. The maximum absolute atomic E-state index is 11.4. The minimum Gasteiger partial charge on any atom is -0.507 e. The summed E-state index contributed by atoms with van der Waals surface area (Å²) >= 11 is 0. The van der Waals surface area contributed by atoms with Crippen molar-refractivity contribution in [2.24, 2.45) is 4.99 Å². The highest BCUT2D eigenvalue weighted by Gasteiger charge is 2.19. The summed E-state index contributed by atoms with van der Waals surface area (Å²) in [6, 6.07) is 2.40. The number of aliphatic hydroxyl groups excluding tert-OH is 1. The Hall–Kier alpha value is -1.52. The molecule has 1 aliphatic rings. The number of nitrogens with zero attached hydrogens (tertiary/aromatic N) is 2. The lowest BCUT2D eigenvalue weighted by Gasteiger charge is -2.27. The number of benzene rings is 1. The van der Waals surface area contributed by atoms with Gasteiger partial charge in [0.25, 0.3) is 10.1 Å². The lowest BCUT2D eigenvalue weighted by atomic mass is 10.1. The van der Waals surface area contributed by atoms with E-state index in [0.717, 1.165) is 6.07 Å². The van der Waals surface area contributed by atoms with Crippen molar-refractivity contribution < 1.29 is 27.9 Å². The van der Waals surface area contributed by atoms with E-state index in [9.17, 15) is 18.1 Å². The monoisotopic (exact) mass is 344 g/mol. The minimum atomic E-state index is -4.40. The molecule has 0 spiro atoms. The molecule has 0 aromatic heterocycles. The standard InChI is InChI=1S/C14H20N2O6S/c17-4-1-15-9-11-7-13(23(19,20)21)8-12(14(11)18)10-16-2-5-22-6-3-16/h7-9,17-18H,1-6,10H2,(H,19,20,21). The molecule has 1 aliphatic heterocycles. The van der Waals surface area contributed by atoms with Crippen LogP contribution in [-0.4, -0.2) is 73.8 Å². The first-order valence-electron chi connectivity index (χ1n) is 7.16. The number of hydrogen-bond acceptors (Lipinski definition) is 7. The Labute approximate surface area is 134 Å². The van der Waals surface area contributed by atoms with Gasteiger partial charge in [0.1, 0.15) is 5.75 Å². The Bertz CT molecular complexity index is 668. The van der Waals surface area contributed by atoms with Gasteiger partial charge in [-0.3, -0.25) is 14.4 Å². The molecule has 8 nitrogen and oxygen atoms in total. The maximum Gasteiger partial charge on any atom is 0.294 e. The van der Waals surface area contributed by atoms with Gasteiger partial charge in [-0.1, -0.05) is 0 Å². The molecule has 1 fully saturated rings. The van der Waals surface area contributed by atoms with Gasteiger partial charge in [-0.2, -0.15) is 8.42 Å². The maximum atomic E-state index is 11.4. The zero-order chi connectivity index (χ0) is 16.9. The van der Waals surface area contributed by atoms with E-state index in [1.807, 2.05) is 4.90 Å². The molecule has 0 atom stereocenters. The molecule has 1 aromatic rings. The smallest absolute Gasteiger partial charge is 0.294 e. The third kappa shape index (κ3) is 4.98. The summed E-state index contributed by atoms with van der Waals surface area (Å²) in [4.78, 5) is 5.60. The van der Waals surface area contributed by atoms with Crippen molar-refractivity contribution in [3.8, 4) is 5.75 Å². The fourth-order valence-electron chi connectivity index (χ4n) is 2.28. The lowest BCUT2D eigenvalue weighted by Crippen LogP contribution is -2.35. The number of morpholine rings is 1. The Morgan fingerprint density at radius 3 is 2.61 bits per heavy atom. The van der Waals surface area contributed by atoms with Crippen LogP contribution in [0.15, 0.2) is 22.0 Å². The molecule has 1 saturated heterocycles. The molecule has 1 heterocycles. The normalized spacial score (nSPS) is 17.0. The van der Waals surface area contributed by atoms with Crippen molar-refractivity contribution in [3.63, 3.8) is 0 Å². The van der Waals surface area contributed by atoms with Crippen LogP contribution in [-0.2, 0) is 21.4 Å². The zero-order valence-corrected chi connectivity index (χ0v) is 13.4. The minimum absolute atomic E-state index is 0.0921. The molecule has 3 N–H and O–H groups in total. The molecule has 0 unspecified atom stereocenters. The second-order valence-corrected chi connectivity index (χ2v) is 6.56. The second kappa shape index (κ2) is 7.84. The van der Waals surface area contributed by atoms with Crippen molar-refractivity contribution in [1.29, 1.82) is 0 Å². The van der Waals surface area contributed by atoms with Gasteiger partial charge < -0.3 is 14.9 Å². The zero-order valence-electron chi connectivity index (χ0n) is 12.6. The number of rotatable bonds is 6. The molecule has 9 heteroatoms. The predicted octanol–water partition coefficient (Wildman–Crippen LogP) is -0.118. The molecular formula is C14H20N2O6S. The summed E-state index contributed by atoms with van der Waals surface area (Å²) < 4.78 is 37.4. The molecule has 2 rings (SSSR count). The van der Waals surface area contributed by atoms with Gasteiger partial charge in [-0.15, -0.1) is 0 Å². The van der Waals surface area contributed by atoms with Crippen LogP contribution < -0.4 is 0 Å². The Morgan fingerprint density at radius 1 is 1.30 bits per heavy atom. The third-order valence-electron chi connectivity index (χ3n) is 3.45. The second-order valence-electron chi connectivity index (χ2n) is 5.14. The van der Waals surface area contributed by atoms with Gasteiger partial charge in [-0.25, -0.2) is 0 Å². The summed E-state index contributed by atoms with van der Waals surface area (Å²) in [6.07, 6.45) is 1.28. The van der Waals surface area contributed by atoms with E-state index in [2.05, 4.69) is 4.99 Å². The van der Waals surface area contributed by atoms with Crippen LogP contribution in [0.5, 0.6) is 5.75 Å². The first-order valence-corrected chi connectivity index (χ1v) is 8.60. The summed E-state index contributed by atoms with van der Waals surface area (Å²) in [6.45, 7) is 2.80. The number of hydrogen-bond donors (Lipinski definition) is 3. The van der Waals surface area contributed by atoms with Gasteiger partial charge in [0.2, 0.25) is 0 Å². The molecule has 0 bridgehead atoms. The molecular weight excluding hydrogens is 324 g/mol. The van der Waals surface area contributed by atoms with E-state index in [0.29, 0.717) is 38.4 Å². The summed E-state index contributed by atoms with van der Waals surface area (Å²) in [5, 5.41) is 19.1. The fraction of sp³-hybridized carbons (Fsp3) is 0.500. The van der Waals surface area contributed by atoms with E-state index in [1.165, 1.54) is 12.3 Å². The summed E-state index contributed by atoms with van der Waals surface area (Å²) in [5.74, 6) is -0.0921. The highest BCUT2D eigenvalue weighted by Crippen LogP contribution is 2.27. The molecule has 1 aromatic carbocycles. The van der Waals surface area contributed by atoms with Crippen molar-refractivity contribution in [1.82, 2.24) is 4.90 Å². The lowest BCUT2D eigenvalue weighted by molar-refractivity contribution is 0.0338. The van der Waals surface area contributed by atoms with Crippen molar-refractivity contribution in [2.45, 2.75) is 11.4 Å². The number of aliphatic imine (C=N–C) groups is 1. The third-order valence-corrected chi connectivity index (χ3v) is 4.28. The molecule has 0 aliphatic carbocycles.